The van der Waals surface area contributed by atoms with Crippen LogP contribution in [0.3, 0.4) is 0 Å². The predicted molar refractivity (Wildman–Crippen MR) is 86.0 cm³/mol. The highest BCUT2D eigenvalue weighted by molar-refractivity contribution is 5.88. The molecule has 136 valence electrons. The van der Waals surface area contributed by atoms with Crippen molar-refractivity contribution in [3.05, 3.63) is 11.8 Å². The van der Waals surface area contributed by atoms with Crippen LogP contribution in [0.5, 0.6) is 0 Å². The number of carbonyl (C=O) groups excluding carboxylic acids is 1. The van der Waals surface area contributed by atoms with E-state index in [4.69, 9.17) is 14.0 Å². The van der Waals surface area contributed by atoms with Gasteiger partial charge in [-0.25, -0.2) is 4.79 Å². The van der Waals surface area contributed by atoms with Crippen molar-refractivity contribution in [3.8, 4) is 0 Å². The van der Waals surface area contributed by atoms with Crippen LogP contribution >= 0.6 is 0 Å². The first-order chi connectivity index (χ1) is 12.2. The van der Waals surface area contributed by atoms with Gasteiger partial charge in [0.15, 0.2) is 11.9 Å². The molecule has 1 aromatic rings. The molecule has 0 spiro atoms. The zero-order valence-corrected chi connectivity index (χ0v) is 14.2. The third kappa shape index (κ3) is 2.73. The van der Waals surface area contributed by atoms with E-state index >= 15 is 0 Å². The number of hydrogen-bond acceptors (Lipinski definition) is 7. The lowest BCUT2D eigenvalue weighted by molar-refractivity contribution is -0.101. The highest BCUT2D eigenvalue weighted by Crippen LogP contribution is 2.54. The molecule has 0 aromatic carbocycles. The minimum Gasteiger partial charge on any atom is -0.457 e. The molecule has 4 bridgehead atoms. The molecule has 7 nitrogen and oxygen atoms in total. The van der Waals surface area contributed by atoms with Gasteiger partial charge in [-0.1, -0.05) is 5.16 Å². The number of nitrogens with zero attached hydrogens (tertiary/aromatic N) is 2. The van der Waals surface area contributed by atoms with E-state index < -0.39 is 12.2 Å². The first kappa shape index (κ1) is 15.6. The highest BCUT2D eigenvalue weighted by atomic mass is 16.6. The van der Waals surface area contributed by atoms with Gasteiger partial charge in [0.2, 0.25) is 0 Å². The molecule has 1 aromatic heterocycles. The van der Waals surface area contributed by atoms with Gasteiger partial charge < -0.3 is 14.0 Å². The van der Waals surface area contributed by atoms with E-state index in [1.165, 1.54) is 38.2 Å². The normalized spacial score (nSPS) is 38.9. The summed E-state index contributed by atoms with van der Waals surface area (Å²) in [5.41, 5.74) is 0.112. The third-order valence-corrected chi connectivity index (χ3v) is 6.49. The Morgan fingerprint density at radius 2 is 1.92 bits per heavy atom. The average molecular weight is 348 g/mol. The molecule has 1 N–H and O–H groups in total. The molecule has 5 aliphatic rings. The van der Waals surface area contributed by atoms with Gasteiger partial charge in [-0.05, 0) is 68.6 Å². The number of carbonyl (C=O) groups is 1. The standard InChI is InChI=1S/C18H24N2O5/c21-18(14-9-16(25-19-14)20(22)15-2-1-3-23-15)24-17-12-5-10-4-11(7-12)8-13(17)6-10/h9-13,15,17,22H,1-8H2. The SMILES string of the molecule is O=C(OC1C2CC3CC(C2)CC1C3)c1cc(N(O)C2CCCO2)on1. The zero-order valence-electron chi connectivity index (χ0n) is 14.2. The molecule has 7 heteroatoms. The van der Waals surface area contributed by atoms with E-state index in [9.17, 15) is 10.0 Å². The Hall–Kier alpha value is -1.60. The predicted octanol–water partition coefficient (Wildman–Crippen LogP) is 2.99. The Balaban J connectivity index is 1.26. The molecule has 2 heterocycles. The summed E-state index contributed by atoms with van der Waals surface area (Å²) < 4.78 is 16.3. The fourth-order valence-electron chi connectivity index (χ4n) is 5.62. The fourth-order valence-corrected chi connectivity index (χ4v) is 5.62. The summed E-state index contributed by atoms with van der Waals surface area (Å²) in [6.45, 7) is 0.608. The largest absolute Gasteiger partial charge is 0.457 e. The van der Waals surface area contributed by atoms with E-state index in [1.54, 1.807) is 0 Å². The summed E-state index contributed by atoms with van der Waals surface area (Å²) in [4.78, 5) is 12.5. The molecular formula is C18H24N2O5. The zero-order chi connectivity index (χ0) is 17.0. The molecule has 6 rings (SSSR count). The highest BCUT2D eigenvalue weighted by Gasteiger charge is 2.50. The second kappa shape index (κ2) is 5.99. The molecule has 1 saturated heterocycles. The van der Waals surface area contributed by atoms with Crippen LogP contribution in [0.4, 0.5) is 5.88 Å². The number of rotatable bonds is 4. The van der Waals surface area contributed by atoms with Crippen LogP contribution in [0, 0.1) is 23.7 Å². The summed E-state index contributed by atoms with van der Waals surface area (Å²) in [6.07, 6.45) is 7.32. The Morgan fingerprint density at radius 1 is 1.20 bits per heavy atom. The summed E-state index contributed by atoms with van der Waals surface area (Å²) in [5, 5.41) is 14.8. The molecule has 1 aliphatic heterocycles. The summed E-state index contributed by atoms with van der Waals surface area (Å²) in [6, 6.07) is 1.43. The summed E-state index contributed by atoms with van der Waals surface area (Å²) >= 11 is 0. The minimum atomic E-state index is -0.451. The van der Waals surface area contributed by atoms with Gasteiger partial charge >= 0.3 is 5.97 Å². The van der Waals surface area contributed by atoms with Crippen molar-refractivity contribution in [2.45, 2.75) is 57.3 Å². The summed E-state index contributed by atoms with van der Waals surface area (Å²) in [5.74, 6) is 2.36. The number of hydrogen-bond donors (Lipinski definition) is 1. The van der Waals surface area contributed by atoms with Crippen molar-refractivity contribution in [2.75, 3.05) is 11.7 Å². The lowest BCUT2D eigenvalue weighted by atomic mass is 9.55. The smallest absolute Gasteiger partial charge is 0.360 e. The van der Waals surface area contributed by atoms with Crippen molar-refractivity contribution in [1.29, 1.82) is 0 Å². The van der Waals surface area contributed by atoms with Gasteiger partial charge in [0.05, 0.1) is 0 Å². The van der Waals surface area contributed by atoms with Gasteiger partial charge in [0.1, 0.15) is 6.10 Å². The van der Waals surface area contributed by atoms with E-state index in [1.807, 2.05) is 0 Å². The quantitative estimate of drug-likeness (QED) is 0.661. The fraction of sp³-hybridized carbons (Fsp3) is 0.778. The first-order valence-corrected chi connectivity index (χ1v) is 9.45. The van der Waals surface area contributed by atoms with Crippen LogP contribution in [0.25, 0.3) is 0 Å². The van der Waals surface area contributed by atoms with Crippen molar-refractivity contribution in [3.63, 3.8) is 0 Å². The van der Waals surface area contributed by atoms with E-state index in [0.29, 0.717) is 24.9 Å². The monoisotopic (exact) mass is 348 g/mol. The molecule has 5 fully saturated rings. The Labute approximate surface area is 146 Å². The van der Waals surface area contributed by atoms with Crippen molar-refractivity contribution in [2.24, 2.45) is 23.7 Å². The number of esters is 1. The second-order valence-corrected chi connectivity index (χ2v) is 8.16. The van der Waals surface area contributed by atoms with Gasteiger partial charge in [-0.2, -0.15) is 5.06 Å². The molecule has 1 unspecified atom stereocenters. The molecule has 25 heavy (non-hydrogen) atoms. The molecule has 1 atom stereocenters. The first-order valence-electron chi connectivity index (χ1n) is 9.45. The van der Waals surface area contributed by atoms with Gasteiger partial charge in [-0.15, -0.1) is 0 Å². The number of anilines is 1. The second-order valence-electron chi connectivity index (χ2n) is 8.16. The molecule has 0 amide bonds. The Morgan fingerprint density at radius 3 is 2.56 bits per heavy atom. The molecule has 4 aliphatic carbocycles. The van der Waals surface area contributed by atoms with Gasteiger partial charge in [-0.3, -0.25) is 5.21 Å². The average Bonchev–Trinajstić information content (AvgIpc) is 3.28. The number of aromatic nitrogens is 1. The Bertz CT molecular complexity index is 626. The van der Waals surface area contributed by atoms with Crippen molar-refractivity contribution in [1.82, 2.24) is 5.16 Å². The number of ether oxygens (including phenoxy) is 2. The van der Waals surface area contributed by atoms with Crippen molar-refractivity contribution < 1.29 is 24.0 Å². The van der Waals surface area contributed by atoms with Crippen LogP contribution < -0.4 is 5.06 Å². The van der Waals surface area contributed by atoms with E-state index in [-0.39, 0.29) is 17.7 Å². The third-order valence-electron chi connectivity index (χ3n) is 6.49. The molecular weight excluding hydrogens is 324 g/mol. The Kier molecular flexibility index (Phi) is 3.74. The maximum Gasteiger partial charge on any atom is 0.360 e. The van der Waals surface area contributed by atoms with Crippen LogP contribution in [0.15, 0.2) is 10.6 Å². The molecule has 4 saturated carbocycles. The maximum absolute atomic E-state index is 12.5. The van der Waals surface area contributed by atoms with Gasteiger partial charge in [0.25, 0.3) is 5.88 Å². The van der Waals surface area contributed by atoms with E-state index in [0.717, 1.165) is 23.3 Å². The van der Waals surface area contributed by atoms with Crippen molar-refractivity contribution >= 4 is 11.9 Å². The number of hydroxylamine groups is 1. The van der Waals surface area contributed by atoms with Crippen LogP contribution in [-0.4, -0.2) is 35.3 Å². The van der Waals surface area contributed by atoms with E-state index in [2.05, 4.69) is 5.16 Å². The van der Waals surface area contributed by atoms with Gasteiger partial charge in [0, 0.05) is 12.7 Å². The van der Waals surface area contributed by atoms with Crippen LogP contribution in [0.1, 0.15) is 55.4 Å². The summed E-state index contributed by atoms with van der Waals surface area (Å²) in [7, 11) is 0. The maximum atomic E-state index is 12.5. The lowest BCUT2D eigenvalue weighted by Crippen LogP contribution is -2.50. The topological polar surface area (TPSA) is 85.0 Å². The lowest BCUT2D eigenvalue weighted by Gasteiger charge is -2.53. The molecule has 0 radical (unpaired) electrons. The minimum absolute atomic E-state index is 0.0174. The van der Waals surface area contributed by atoms with Crippen LogP contribution in [-0.2, 0) is 9.47 Å². The van der Waals surface area contributed by atoms with Crippen LogP contribution in [0.2, 0.25) is 0 Å².